The number of nitrogens with zero attached hydrogens (tertiary/aromatic N) is 2. The second-order valence-corrected chi connectivity index (χ2v) is 7.13. The van der Waals surface area contributed by atoms with Crippen LogP contribution in [0.4, 0.5) is 5.69 Å². The Morgan fingerprint density at radius 3 is 2.76 bits per heavy atom. The molecule has 2 aromatic rings. The Balaban J connectivity index is 1.52. The maximum absolute atomic E-state index is 12.3. The molecule has 4 N–H and O–H groups in total. The first-order valence-electron chi connectivity index (χ1n) is 8.01. The molecule has 3 rings (SSSR count). The second-order valence-electron chi connectivity index (χ2n) is 6.18. The van der Waals surface area contributed by atoms with E-state index < -0.39 is 5.60 Å². The van der Waals surface area contributed by atoms with E-state index in [0.29, 0.717) is 42.1 Å². The summed E-state index contributed by atoms with van der Waals surface area (Å²) in [4.78, 5) is 30.8. The number of rotatable bonds is 4. The Labute approximate surface area is 149 Å². The van der Waals surface area contributed by atoms with E-state index in [-0.39, 0.29) is 18.4 Å². The lowest BCUT2D eigenvalue weighted by Gasteiger charge is -2.38. The Morgan fingerprint density at radius 2 is 2.12 bits per heavy atom. The predicted molar refractivity (Wildman–Crippen MR) is 95.4 cm³/mol. The summed E-state index contributed by atoms with van der Waals surface area (Å²) in [6.07, 6.45) is 3.72. The van der Waals surface area contributed by atoms with Gasteiger partial charge in [-0.3, -0.25) is 14.6 Å². The van der Waals surface area contributed by atoms with Crippen molar-refractivity contribution in [3.63, 3.8) is 0 Å². The van der Waals surface area contributed by atoms with Crippen molar-refractivity contribution in [1.29, 1.82) is 0 Å². The average molecular weight is 360 g/mol. The van der Waals surface area contributed by atoms with Crippen LogP contribution in [0.5, 0.6) is 0 Å². The molecule has 3 heterocycles. The lowest BCUT2D eigenvalue weighted by Crippen LogP contribution is -2.52. The van der Waals surface area contributed by atoms with E-state index in [9.17, 15) is 14.7 Å². The van der Waals surface area contributed by atoms with Crippen LogP contribution in [0.2, 0.25) is 0 Å². The number of piperidine rings is 1. The summed E-state index contributed by atoms with van der Waals surface area (Å²) in [6.45, 7) is 1.05. The second kappa shape index (κ2) is 7.20. The van der Waals surface area contributed by atoms with Gasteiger partial charge in [0.05, 0.1) is 21.7 Å². The Bertz CT molecular complexity index is 755. The molecule has 2 aromatic heterocycles. The molecule has 0 unspecified atom stereocenters. The molecule has 132 valence electrons. The van der Waals surface area contributed by atoms with Gasteiger partial charge in [0.1, 0.15) is 0 Å². The van der Waals surface area contributed by atoms with Crippen molar-refractivity contribution >= 4 is 28.8 Å². The number of nitrogen functional groups attached to an aromatic ring is 1. The summed E-state index contributed by atoms with van der Waals surface area (Å²) < 4.78 is 0. The van der Waals surface area contributed by atoms with Crippen LogP contribution in [0.1, 0.15) is 32.9 Å². The van der Waals surface area contributed by atoms with Gasteiger partial charge in [-0.05, 0) is 30.4 Å². The van der Waals surface area contributed by atoms with Gasteiger partial charge in [0.15, 0.2) is 0 Å². The lowest BCUT2D eigenvalue weighted by molar-refractivity contribution is -0.0148. The molecule has 0 spiro atoms. The smallest absolute Gasteiger partial charge is 0.263 e. The van der Waals surface area contributed by atoms with Gasteiger partial charge in [-0.1, -0.05) is 6.07 Å². The number of anilines is 1. The predicted octanol–water partition coefficient (Wildman–Crippen LogP) is 1.12. The molecule has 0 radical (unpaired) electrons. The van der Waals surface area contributed by atoms with E-state index in [1.165, 1.54) is 29.8 Å². The van der Waals surface area contributed by atoms with Crippen LogP contribution >= 0.6 is 11.3 Å². The minimum atomic E-state index is -1.02. The number of nitrogens with one attached hydrogen (secondary N) is 1. The average Bonchev–Trinajstić information content (AvgIpc) is 3.14. The highest BCUT2D eigenvalue weighted by molar-refractivity contribution is 7.12. The van der Waals surface area contributed by atoms with E-state index >= 15 is 0 Å². The molecule has 0 saturated carbocycles. The third-order valence-electron chi connectivity index (χ3n) is 4.31. The molecule has 1 aliphatic rings. The molecule has 2 amide bonds. The van der Waals surface area contributed by atoms with Crippen LogP contribution in [0.15, 0.2) is 36.0 Å². The standard InChI is InChI=1S/C17H20N4O3S/c18-13-8-12(9-19-10-13)15(22)20-11-17(24)3-5-21(6-4-17)16(23)14-2-1-7-25-14/h1-2,7-10,24H,3-6,11,18H2,(H,20,22). The quantitative estimate of drug-likeness (QED) is 0.757. The van der Waals surface area contributed by atoms with Crippen molar-refractivity contribution in [2.45, 2.75) is 18.4 Å². The number of hydrogen-bond donors (Lipinski definition) is 3. The monoisotopic (exact) mass is 360 g/mol. The van der Waals surface area contributed by atoms with Crippen LogP contribution in [-0.4, -0.2) is 52.0 Å². The van der Waals surface area contributed by atoms with E-state index in [2.05, 4.69) is 10.3 Å². The Hall–Kier alpha value is -2.45. The molecular formula is C17H20N4O3S. The van der Waals surface area contributed by atoms with Crippen LogP contribution in [0.3, 0.4) is 0 Å². The third kappa shape index (κ3) is 4.15. The number of aromatic nitrogens is 1. The van der Waals surface area contributed by atoms with Gasteiger partial charge in [-0.2, -0.15) is 0 Å². The van der Waals surface area contributed by atoms with Gasteiger partial charge < -0.3 is 21.1 Å². The van der Waals surface area contributed by atoms with E-state index in [1.54, 1.807) is 11.0 Å². The summed E-state index contributed by atoms with van der Waals surface area (Å²) in [5, 5.41) is 15.3. The van der Waals surface area contributed by atoms with Crippen LogP contribution in [-0.2, 0) is 0 Å². The maximum atomic E-state index is 12.3. The van der Waals surface area contributed by atoms with Crippen molar-refractivity contribution in [2.24, 2.45) is 0 Å². The van der Waals surface area contributed by atoms with Crippen LogP contribution in [0.25, 0.3) is 0 Å². The number of hydrogen-bond acceptors (Lipinski definition) is 6. The van der Waals surface area contributed by atoms with Gasteiger partial charge in [0.25, 0.3) is 11.8 Å². The zero-order valence-electron chi connectivity index (χ0n) is 13.6. The van der Waals surface area contributed by atoms with Gasteiger partial charge in [0, 0.05) is 32.0 Å². The first-order valence-corrected chi connectivity index (χ1v) is 8.89. The minimum absolute atomic E-state index is 0.00748. The van der Waals surface area contributed by atoms with Gasteiger partial charge in [-0.25, -0.2) is 0 Å². The van der Waals surface area contributed by atoms with E-state index in [4.69, 9.17) is 5.73 Å². The highest BCUT2D eigenvalue weighted by Crippen LogP contribution is 2.24. The first kappa shape index (κ1) is 17.4. The Kier molecular flexibility index (Phi) is 5.00. The minimum Gasteiger partial charge on any atom is -0.397 e. The lowest BCUT2D eigenvalue weighted by atomic mass is 9.91. The zero-order valence-corrected chi connectivity index (χ0v) is 14.5. The fourth-order valence-corrected chi connectivity index (χ4v) is 3.48. The molecule has 1 fully saturated rings. The topological polar surface area (TPSA) is 109 Å². The summed E-state index contributed by atoms with van der Waals surface area (Å²) in [5.41, 5.74) is 5.36. The highest BCUT2D eigenvalue weighted by atomic mass is 32.1. The number of aliphatic hydroxyl groups is 1. The van der Waals surface area contributed by atoms with Crippen molar-refractivity contribution in [3.8, 4) is 0 Å². The number of thiophene rings is 1. The maximum Gasteiger partial charge on any atom is 0.263 e. The molecular weight excluding hydrogens is 340 g/mol. The van der Waals surface area contributed by atoms with E-state index in [0.717, 1.165) is 0 Å². The SMILES string of the molecule is Nc1cncc(C(=O)NCC2(O)CCN(C(=O)c3cccs3)CC2)c1. The number of pyridine rings is 1. The molecule has 0 aliphatic carbocycles. The number of amides is 2. The van der Waals surface area contributed by atoms with Crippen LogP contribution < -0.4 is 11.1 Å². The molecule has 7 nitrogen and oxygen atoms in total. The van der Waals surface area contributed by atoms with Gasteiger partial charge in [0.2, 0.25) is 0 Å². The highest BCUT2D eigenvalue weighted by Gasteiger charge is 2.34. The number of carbonyl (C=O) groups is 2. The Morgan fingerprint density at radius 1 is 1.36 bits per heavy atom. The molecule has 1 aliphatic heterocycles. The van der Waals surface area contributed by atoms with Crippen molar-refractivity contribution in [2.75, 3.05) is 25.4 Å². The van der Waals surface area contributed by atoms with Crippen molar-refractivity contribution in [3.05, 3.63) is 46.4 Å². The van der Waals surface area contributed by atoms with Crippen molar-refractivity contribution < 1.29 is 14.7 Å². The first-order chi connectivity index (χ1) is 12.0. The molecule has 0 aromatic carbocycles. The third-order valence-corrected chi connectivity index (χ3v) is 5.17. The zero-order chi connectivity index (χ0) is 17.9. The summed E-state index contributed by atoms with van der Waals surface area (Å²) in [5.74, 6) is -0.336. The normalized spacial score (nSPS) is 16.4. The molecule has 0 atom stereocenters. The van der Waals surface area contributed by atoms with Gasteiger partial charge >= 0.3 is 0 Å². The molecule has 0 bridgehead atoms. The molecule has 1 saturated heterocycles. The van der Waals surface area contributed by atoms with Crippen LogP contribution in [0, 0.1) is 0 Å². The summed E-state index contributed by atoms with van der Waals surface area (Å²) in [7, 11) is 0. The largest absolute Gasteiger partial charge is 0.397 e. The fraction of sp³-hybridized carbons (Fsp3) is 0.353. The number of carbonyl (C=O) groups excluding carboxylic acids is 2. The number of nitrogens with two attached hydrogens (primary N) is 1. The molecule has 25 heavy (non-hydrogen) atoms. The van der Waals surface area contributed by atoms with E-state index in [1.807, 2.05) is 11.4 Å². The summed E-state index contributed by atoms with van der Waals surface area (Å²) >= 11 is 1.41. The van der Waals surface area contributed by atoms with Gasteiger partial charge in [-0.15, -0.1) is 11.3 Å². The summed E-state index contributed by atoms with van der Waals surface area (Å²) in [6, 6.07) is 5.18. The fourth-order valence-electron chi connectivity index (χ4n) is 2.79. The van der Waals surface area contributed by atoms with Crippen molar-refractivity contribution in [1.82, 2.24) is 15.2 Å². The number of likely N-dealkylation sites (tertiary alicyclic amines) is 1. The molecule has 8 heteroatoms.